The lowest BCUT2D eigenvalue weighted by Crippen LogP contribution is -2.39. The van der Waals surface area contributed by atoms with Crippen LogP contribution in [-0.4, -0.2) is 43.4 Å². The summed E-state index contributed by atoms with van der Waals surface area (Å²) in [5.74, 6) is 1.31. The quantitative estimate of drug-likeness (QED) is 0.596. The third kappa shape index (κ3) is 3.07. The summed E-state index contributed by atoms with van der Waals surface area (Å²) in [5, 5.41) is 0. The van der Waals surface area contributed by atoms with Gasteiger partial charge >= 0.3 is 0 Å². The molecule has 2 aromatic heterocycles. The number of fused-ring (bicyclic) bond motifs is 1. The molecule has 1 saturated heterocycles. The van der Waals surface area contributed by atoms with Crippen LogP contribution >= 0.6 is 0 Å². The lowest BCUT2D eigenvalue weighted by Gasteiger charge is -2.32. The normalized spacial score (nSPS) is 17.1. The van der Waals surface area contributed by atoms with Gasteiger partial charge in [0, 0.05) is 42.7 Å². The molecule has 0 bridgehead atoms. The Kier molecular flexibility index (Phi) is 4.16. The highest BCUT2D eigenvalue weighted by molar-refractivity contribution is 5.94. The molecule has 1 aliphatic heterocycles. The first-order chi connectivity index (χ1) is 13.8. The number of aromatic nitrogens is 4. The molecule has 0 spiro atoms. The third-order valence-electron chi connectivity index (χ3n) is 5.42. The summed E-state index contributed by atoms with van der Waals surface area (Å²) in [7, 11) is 0. The Labute approximate surface area is 162 Å². The van der Waals surface area contributed by atoms with E-state index in [-0.39, 0.29) is 11.8 Å². The van der Waals surface area contributed by atoms with E-state index >= 15 is 0 Å². The maximum absolute atomic E-state index is 13.0. The fourth-order valence-corrected chi connectivity index (χ4v) is 3.92. The number of nitrogens with zero attached hydrogens (tertiary/aromatic N) is 4. The highest BCUT2D eigenvalue weighted by Gasteiger charge is 2.27. The van der Waals surface area contributed by atoms with E-state index in [4.69, 9.17) is 4.98 Å². The first-order valence-electron chi connectivity index (χ1n) is 9.60. The number of rotatable bonds is 3. The average Bonchev–Trinajstić information content (AvgIpc) is 3.43. The number of H-pyrrole nitrogens is 1. The van der Waals surface area contributed by atoms with Crippen LogP contribution in [0.1, 0.15) is 34.9 Å². The van der Waals surface area contributed by atoms with Gasteiger partial charge in [0.25, 0.3) is 5.91 Å². The molecule has 1 atom stereocenters. The van der Waals surface area contributed by atoms with Crippen LogP contribution in [0.25, 0.3) is 16.7 Å². The summed E-state index contributed by atoms with van der Waals surface area (Å²) in [6.07, 6.45) is 7.41. The van der Waals surface area contributed by atoms with Crippen molar-refractivity contribution in [1.29, 1.82) is 0 Å². The Bertz CT molecular complexity index is 1060. The van der Waals surface area contributed by atoms with Crippen molar-refractivity contribution in [2.45, 2.75) is 18.8 Å². The summed E-state index contributed by atoms with van der Waals surface area (Å²) in [5.41, 5.74) is 3.74. The van der Waals surface area contributed by atoms with E-state index in [9.17, 15) is 4.79 Å². The Hall–Kier alpha value is -3.41. The van der Waals surface area contributed by atoms with Gasteiger partial charge in [-0.1, -0.05) is 12.1 Å². The monoisotopic (exact) mass is 371 g/mol. The molecule has 0 unspecified atom stereocenters. The molecular formula is C22H21N5O. The van der Waals surface area contributed by atoms with Gasteiger partial charge in [-0.2, -0.15) is 0 Å². The Morgan fingerprint density at radius 2 is 1.96 bits per heavy atom. The summed E-state index contributed by atoms with van der Waals surface area (Å²) in [6.45, 7) is 1.49. The van der Waals surface area contributed by atoms with Crippen molar-refractivity contribution in [3.63, 3.8) is 0 Å². The molecule has 3 heterocycles. The van der Waals surface area contributed by atoms with Gasteiger partial charge in [-0.05, 0) is 49.2 Å². The largest absolute Gasteiger partial charge is 0.342 e. The Morgan fingerprint density at radius 3 is 2.75 bits per heavy atom. The maximum atomic E-state index is 13.0. The predicted octanol–water partition coefficient (Wildman–Crippen LogP) is 3.77. The van der Waals surface area contributed by atoms with Gasteiger partial charge < -0.3 is 14.5 Å². The number of benzene rings is 2. The van der Waals surface area contributed by atoms with Crippen molar-refractivity contribution in [3.8, 4) is 5.69 Å². The minimum Gasteiger partial charge on any atom is -0.342 e. The van der Waals surface area contributed by atoms with E-state index in [0.717, 1.165) is 41.9 Å². The van der Waals surface area contributed by atoms with E-state index in [2.05, 4.69) is 9.97 Å². The van der Waals surface area contributed by atoms with Crippen molar-refractivity contribution in [1.82, 2.24) is 24.4 Å². The van der Waals surface area contributed by atoms with Crippen molar-refractivity contribution >= 4 is 16.9 Å². The Balaban J connectivity index is 1.33. The number of hydrogen-bond acceptors (Lipinski definition) is 3. The van der Waals surface area contributed by atoms with E-state index in [1.165, 1.54) is 0 Å². The molecule has 1 aliphatic rings. The molecule has 4 aromatic rings. The first-order valence-corrected chi connectivity index (χ1v) is 9.60. The van der Waals surface area contributed by atoms with Crippen molar-refractivity contribution in [2.75, 3.05) is 13.1 Å². The van der Waals surface area contributed by atoms with Gasteiger partial charge in [-0.25, -0.2) is 9.97 Å². The lowest BCUT2D eigenvalue weighted by atomic mass is 9.96. The predicted molar refractivity (Wildman–Crippen MR) is 108 cm³/mol. The summed E-state index contributed by atoms with van der Waals surface area (Å²) >= 11 is 0. The number of carbonyl (C=O) groups is 1. The van der Waals surface area contributed by atoms with Gasteiger partial charge in [0.2, 0.25) is 0 Å². The molecule has 1 amide bonds. The molecule has 5 rings (SSSR count). The topological polar surface area (TPSA) is 66.8 Å². The third-order valence-corrected chi connectivity index (χ3v) is 5.42. The molecule has 0 saturated carbocycles. The molecule has 1 fully saturated rings. The van der Waals surface area contributed by atoms with Crippen molar-refractivity contribution in [3.05, 3.63) is 78.6 Å². The standard InChI is InChI=1S/C22H21N5O/c28-22(16-7-9-18(10-8-16)27-13-11-23-15-27)26-12-3-4-17(14-26)21-24-19-5-1-2-6-20(19)25-21/h1-2,5-11,13,15,17H,3-4,12,14H2,(H,24,25)/t17-/m0/s1. The number of hydrogen-bond donors (Lipinski definition) is 1. The zero-order valence-corrected chi connectivity index (χ0v) is 15.5. The van der Waals surface area contributed by atoms with Crippen LogP contribution in [0.15, 0.2) is 67.3 Å². The van der Waals surface area contributed by atoms with E-state index in [0.29, 0.717) is 12.1 Å². The maximum Gasteiger partial charge on any atom is 0.253 e. The molecular weight excluding hydrogens is 350 g/mol. The number of nitrogens with one attached hydrogen (secondary N) is 1. The second kappa shape index (κ2) is 6.96. The van der Waals surface area contributed by atoms with Crippen LogP contribution in [0, 0.1) is 0 Å². The van der Waals surface area contributed by atoms with Crippen LogP contribution in [0.3, 0.4) is 0 Å². The Morgan fingerprint density at radius 1 is 1.11 bits per heavy atom. The number of likely N-dealkylation sites (tertiary alicyclic amines) is 1. The second-order valence-electron chi connectivity index (χ2n) is 7.25. The van der Waals surface area contributed by atoms with Crippen LogP contribution in [0.4, 0.5) is 0 Å². The SMILES string of the molecule is O=C(c1ccc(-n2ccnc2)cc1)N1CCC[C@H](c2nc3ccccc3[nH]2)C1. The summed E-state index contributed by atoms with van der Waals surface area (Å²) in [6, 6.07) is 15.8. The van der Waals surface area contributed by atoms with Crippen LogP contribution in [0.2, 0.25) is 0 Å². The molecule has 1 N–H and O–H groups in total. The summed E-state index contributed by atoms with van der Waals surface area (Å²) in [4.78, 5) is 27.2. The van der Waals surface area contributed by atoms with E-state index in [1.807, 2.05) is 64.2 Å². The minimum atomic E-state index is 0.0815. The molecule has 6 heteroatoms. The zero-order valence-electron chi connectivity index (χ0n) is 15.5. The number of para-hydroxylation sites is 2. The van der Waals surface area contributed by atoms with E-state index < -0.39 is 0 Å². The smallest absolute Gasteiger partial charge is 0.253 e. The second-order valence-corrected chi connectivity index (χ2v) is 7.25. The van der Waals surface area contributed by atoms with Crippen molar-refractivity contribution < 1.29 is 4.79 Å². The number of piperidine rings is 1. The summed E-state index contributed by atoms with van der Waals surface area (Å²) < 4.78 is 1.92. The molecule has 140 valence electrons. The molecule has 2 aromatic carbocycles. The lowest BCUT2D eigenvalue weighted by molar-refractivity contribution is 0.0705. The molecule has 0 radical (unpaired) electrons. The van der Waals surface area contributed by atoms with Crippen LogP contribution < -0.4 is 0 Å². The number of amides is 1. The van der Waals surface area contributed by atoms with E-state index in [1.54, 1.807) is 12.5 Å². The minimum absolute atomic E-state index is 0.0815. The highest BCUT2D eigenvalue weighted by atomic mass is 16.2. The molecule has 0 aliphatic carbocycles. The number of carbonyl (C=O) groups excluding carboxylic acids is 1. The fourth-order valence-electron chi connectivity index (χ4n) is 3.92. The van der Waals surface area contributed by atoms with Gasteiger partial charge in [-0.15, -0.1) is 0 Å². The molecule has 6 nitrogen and oxygen atoms in total. The fraction of sp³-hybridized carbons (Fsp3) is 0.227. The van der Waals surface area contributed by atoms with Gasteiger partial charge in [0.1, 0.15) is 5.82 Å². The van der Waals surface area contributed by atoms with Gasteiger partial charge in [0.15, 0.2) is 0 Å². The van der Waals surface area contributed by atoms with Crippen LogP contribution in [-0.2, 0) is 0 Å². The average molecular weight is 371 g/mol. The first kappa shape index (κ1) is 16.7. The van der Waals surface area contributed by atoms with Crippen LogP contribution in [0.5, 0.6) is 0 Å². The van der Waals surface area contributed by atoms with Gasteiger partial charge in [-0.3, -0.25) is 4.79 Å². The van der Waals surface area contributed by atoms with Crippen molar-refractivity contribution in [2.24, 2.45) is 0 Å². The molecule has 28 heavy (non-hydrogen) atoms. The number of imidazole rings is 2. The zero-order chi connectivity index (χ0) is 18.9. The van der Waals surface area contributed by atoms with Gasteiger partial charge in [0.05, 0.1) is 17.4 Å². The number of aromatic amines is 1. The highest BCUT2D eigenvalue weighted by Crippen LogP contribution is 2.27.